The lowest BCUT2D eigenvalue weighted by Crippen LogP contribution is -2.35. The first-order valence-electron chi connectivity index (χ1n) is 7.26. The Morgan fingerprint density at radius 1 is 1.38 bits per heavy atom. The summed E-state index contributed by atoms with van der Waals surface area (Å²) in [5, 5.41) is 3.00. The largest absolute Gasteiger partial charge is 0.399 e. The van der Waals surface area contributed by atoms with Gasteiger partial charge in [-0.2, -0.15) is 0 Å². The van der Waals surface area contributed by atoms with Gasteiger partial charge in [0.15, 0.2) is 0 Å². The molecule has 1 aromatic carbocycles. The van der Waals surface area contributed by atoms with E-state index in [0.717, 1.165) is 24.2 Å². The van der Waals surface area contributed by atoms with E-state index in [-0.39, 0.29) is 18.5 Å². The van der Waals surface area contributed by atoms with Gasteiger partial charge in [0.2, 0.25) is 5.91 Å². The second-order valence-corrected chi connectivity index (χ2v) is 5.26. The minimum Gasteiger partial charge on any atom is -0.399 e. The molecule has 0 aliphatic heterocycles. The molecule has 0 saturated carbocycles. The van der Waals surface area contributed by atoms with Gasteiger partial charge in [-0.25, -0.2) is 4.98 Å². The highest BCUT2D eigenvalue weighted by atomic mass is 16.2. The first kappa shape index (κ1) is 15.1. The van der Waals surface area contributed by atoms with Crippen LogP contribution >= 0.6 is 0 Å². The third kappa shape index (κ3) is 4.08. The zero-order valence-electron chi connectivity index (χ0n) is 12.5. The summed E-state index contributed by atoms with van der Waals surface area (Å²) in [5.74, 6) is 0.777. The summed E-state index contributed by atoms with van der Waals surface area (Å²) in [7, 11) is 0. The SMILES string of the molecule is CCCC(C)NC(=O)Cn1ccnc1-c1ccc(N)cc1. The Bertz CT molecular complexity index is 589. The van der Waals surface area contributed by atoms with Crippen LogP contribution in [-0.2, 0) is 11.3 Å². The molecule has 0 spiro atoms. The molecule has 1 heterocycles. The van der Waals surface area contributed by atoms with Gasteiger partial charge in [-0.05, 0) is 37.6 Å². The topological polar surface area (TPSA) is 72.9 Å². The van der Waals surface area contributed by atoms with Crippen molar-refractivity contribution in [2.24, 2.45) is 0 Å². The predicted octanol–water partition coefficient (Wildman–Crippen LogP) is 2.44. The van der Waals surface area contributed by atoms with E-state index in [1.54, 1.807) is 6.20 Å². The molecule has 112 valence electrons. The van der Waals surface area contributed by atoms with E-state index in [0.29, 0.717) is 5.69 Å². The molecule has 2 rings (SSSR count). The molecule has 2 aromatic rings. The van der Waals surface area contributed by atoms with Crippen molar-refractivity contribution in [2.75, 3.05) is 5.73 Å². The molecule has 1 unspecified atom stereocenters. The minimum atomic E-state index is 0.00523. The Balaban J connectivity index is 2.07. The van der Waals surface area contributed by atoms with Gasteiger partial charge in [0, 0.05) is 29.7 Å². The quantitative estimate of drug-likeness (QED) is 0.801. The molecular weight excluding hydrogens is 264 g/mol. The second-order valence-electron chi connectivity index (χ2n) is 5.26. The molecule has 0 saturated heterocycles. The van der Waals surface area contributed by atoms with Crippen LogP contribution in [0.3, 0.4) is 0 Å². The van der Waals surface area contributed by atoms with Crippen molar-refractivity contribution in [3.63, 3.8) is 0 Å². The summed E-state index contributed by atoms with van der Waals surface area (Å²) >= 11 is 0. The maximum Gasteiger partial charge on any atom is 0.240 e. The van der Waals surface area contributed by atoms with Crippen molar-refractivity contribution in [3.8, 4) is 11.4 Å². The molecule has 0 aliphatic carbocycles. The highest BCUT2D eigenvalue weighted by molar-refractivity contribution is 5.76. The van der Waals surface area contributed by atoms with Gasteiger partial charge in [-0.1, -0.05) is 13.3 Å². The van der Waals surface area contributed by atoms with E-state index in [1.165, 1.54) is 0 Å². The van der Waals surface area contributed by atoms with E-state index in [1.807, 2.05) is 42.0 Å². The molecule has 0 aliphatic rings. The van der Waals surface area contributed by atoms with E-state index < -0.39 is 0 Å². The van der Waals surface area contributed by atoms with Gasteiger partial charge in [-0.3, -0.25) is 4.79 Å². The first-order valence-corrected chi connectivity index (χ1v) is 7.26. The van der Waals surface area contributed by atoms with Gasteiger partial charge in [0.1, 0.15) is 12.4 Å². The monoisotopic (exact) mass is 286 g/mol. The number of carbonyl (C=O) groups excluding carboxylic acids is 1. The summed E-state index contributed by atoms with van der Waals surface area (Å²) in [5.41, 5.74) is 7.35. The lowest BCUT2D eigenvalue weighted by atomic mass is 10.2. The Morgan fingerprint density at radius 2 is 2.10 bits per heavy atom. The molecule has 1 aromatic heterocycles. The van der Waals surface area contributed by atoms with E-state index >= 15 is 0 Å². The van der Waals surface area contributed by atoms with Crippen LogP contribution in [0.4, 0.5) is 5.69 Å². The average molecular weight is 286 g/mol. The van der Waals surface area contributed by atoms with Gasteiger partial charge in [0.05, 0.1) is 0 Å². The summed E-state index contributed by atoms with van der Waals surface area (Å²) in [6, 6.07) is 7.68. The van der Waals surface area contributed by atoms with Crippen molar-refractivity contribution < 1.29 is 4.79 Å². The van der Waals surface area contributed by atoms with E-state index in [4.69, 9.17) is 5.73 Å². The lowest BCUT2D eigenvalue weighted by Gasteiger charge is -2.14. The second kappa shape index (κ2) is 6.92. The van der Waals surface area contributed by atoms with Crippen LogP contribution < -0.4 is 11.1 Å². The van der Waals surface area contributed by atoms with Crippen molar-refractivity contribution in [1.29, 1.82) is 0 Å². The van der Waals surface area contributed by atoms with Crippen molar-refractivity contribution in [2.45, 2.75) is 39.3 Å². The van der Waals surface area contributed by atoms with Crippen LogP contribution in [0.2, 0.25) is 0 Å². The molecule has 1 amide bonds. The summed E-state index contributed by atoms with van der Waals surface area (Å²) in [6.45, 7) is 4.40. The number of aromatic nitrogens is 2. The Morgan fingerprint density at radius 3 is 2.76 bits per heavy atom. The summed E-state index contributed by atoms with van der Waals surface area (Å²) in [4.78, 5) is 16.4. The number of hydrogen-bond acceptors (Lipinski definition) is 3. The molecular formula is C16H22N4O. The lowest BCUT2D eigenvalue weighted by molar-refractivity contribution is -0.122. The smallest absolute Gasteiger partial charge is 0.240 e. The van der Waals surface area contributed by atoms with Crippen LogP contribution in [0.5, 0.6) is 0 Å². The van der Waals surface area contributed by atoms with Crippen molar-refractivity contribution in [3.05, 3.63) is 36.7 Å². The Labute approximate surface area is 125 Å². The predicted molar refractivity (Wildman–Crippen MR) is 84.6 cm³/mol. The number of nitrogens with zero attached hydrogens (tertiary/aromatic N) is 2. The van der Waals surface area contributed by atoms with Gasteiger partial charge in [0.25, 0.3) is 0 Å². The number of amides is 1. The highest BCUT2D eigenvalue weighted by Gasteiger charge is 2.11. The molecule has 5 nitrogen and oxygen atoms in total. The number of anilines is 1. The van der Waals surface area contributed by atoms with Gasteiger partial charge < -0.3 is 15.6 Å². The number of nitrogens with one attached hydrogen (secondary N) is 1. The van der Waals surface area contributed by atoms with Crippen molar-refractivity contribution >= 4 is 11.6 Å². The molecule has 3 N–H and O–H groups in total. The number of hydrogen-bond donors (Lipinski definition) is 2. The highest BCUT2D eigenvalue weighted by Crippen LogP contribution is 2.18. The van der Waals surface area contributed by atoms with Crippen molar-refractivity contribution in [1.82, 2.24) is 14.9 Å². The fourth-order valence-corrected chi connectivity index (χ4v) is 2.31. The summed E-state index contributed by atoms with van der Waals surface area (Å²) in [6.07, 6.45) is 5.56. The Hall–Kier alpha value is -2.30. The number of carbonyl (C=O) groups is 1. The van der Waals surface area contributed by atoms with Crippen LogP contribution in [0.1, 0.15) is 26.7 Å². The van der Waals surface area contributed by atoms with Crippen LogP contribution in [-0.4, -0.2) is 21.5 Å². The maximum atomic E-state index is 12.1. The Kier molecular flexibility index (Phi) is 4.98. The molecule has 0 fully saturated rings. The number of benzene rings is 1. The van der Waals surface area contributed by atoms with Gasteiger partial charge >= 0.3 is 0 Å². The fraction of sp³-hybridized carbons (Fsp3) is 0.375. The average Bonchev–Trinajstić information content (AvgIpc) is 2.87. The zero-order valence-corrected chi connectivity index (χ0v) is 12.5. The number of nitrogen functional groups attached to an aromatic ring is 1. The first-order chi connectivity index (χ1) is 10.1. The molecule has 5 heteroatoms. The fourth-order valence-electron chi connectivity index (χ4n) is 2.31. The number of rotatable bonds is 6. The minimum absolute atomic E-state index is 0.00523. The maximum absolute atomic E-state index is 12.1. The standard InChI is InChI=1S/C16H22N4O/c1-3-4-12(2)19-15(21)11-20-10-9-18-16(20)13-5-7-14(17)8-6-13/h5-10,12H,3-4,11,17H2,1-2H3,(H,19,21). The van der Waals surface area contributed by atoms with Gasteiger partial charge in [-0.15, -0.1) is 0 Å². The number of imidazole rings is 1. The zero-order chi connectivity index (χ0) is 15.2. The van der Waals surface area contributed by atoms with Crippen LogP contribution in [0.15, 0.2) is 36.7 Å². The normalized spacial score (nSPS) is 12.1. The molecule has 21 heavy (non-hydrogen) atoms. The van der Waals surface area contributed by atoms with E-state index in [9.17, 15) is 4.79 Å². The molecule has 0 radical (unpaired) electrons. The third-order valence-corrected chi connectivity index (χ3v) is 3.33. The summed E-state index contributed by atoms with van der Waals surface area (Å²) < 4.78 is 1.85. The van der Waals surface area contributed by atoms with Crippen LogP contribution in [0, 0.1) is 0 Å². The molecule has 1 atom stereocenters. The van der Waals surface area contributed by atoms with Crippen LogP contribution in [0.25, 0.3) is 11.4 Å². The third-order valence-electron chi connectivity index (χ3n) is 3.33. The molecule has 0 bridgehead atoms. The van der Waals surface area contributed by atoms with E-state index in [2.05, 4.69) is 17.2 Å². The number of nitrogens with two attached hydrogens (primary N) is 1.